The van der Waals surface area contributed by atoms with E-state index >= 15 is 0 Å². The minimum atomic E-state index is -0.536. The average molecular weight is 309 g/mol. The van der Waals surface area contributed by atoms with Gasteiger partial charge in [0.1, 0.15) is 5.15 Å². The number of aromatic amines is 1. The lowest BCUT2D eigenvalue weighted by Crippen LogP contribution is -2.39. The predicted molar refractivity (Wildman–Crippen MR) is 83.1 cm³/mol. The number of aromatic nitrogens is 2. The fourth-order valence-corrected chi connectivity index (χ4v) is 2.56. The molecule has 0 saturated carbocycles. The smallest absolute Gasteiger partial charge is 0.329 e. The maximum absolute atomic E-state index is 12.6. The van der Waals surface area contributed by atoms with Crippen molar-refractivity contribution in [2.45, 2.75) is 19.9 Å². The summed E-state index contributed by atoms with van der Waals surface area (Å²) in [6, 6.07) is 7.03. The van der Waals surface area contributed by atoms with Gasteiger partial charge in [0, 0.05) is 7.11 Å². The lowest BCUT2D eigenvalue weighted by molar-refractivity contribution is 0.159. The number of halogens is 1. The summed E-state index contributed by atoms with van der Waals surface area (Å²) in [6.45, 7) is 3.93. The van der Waals surface area contributed by atoms with Crippen LogP contribution in [-0.2, 0) is 4.74 Å². The molecule has 0 aliphatic carbocycles. The molecule has 112 valence electrons. The zero-order valence-electron chi connectivity index (χ0n) is 12.1. The number of ether oxygens (including phenoxy) is 1. The van der Waals surface area contributed by atoms with Crippen LogP contribution in [0.1, 0.15) is 18.5 Å². The molecule has 0 saturated heterocycles. The molecule has 0 fully saturated rings. The molecular formula is C15H17ClN2O3. The average Bonchev–Trinajstić information content (AvgIpc) is 2.38. The summed E-state index contributed by atoms with van der Waals surface area (Å²) in [4.78, 5) is 27.2. The fourth-order valence-electron chi connectivity index (χ4n) is 2.29. The van der Waals surface area contributed by atoms with Gasteiger partial charge in [-0.1, -0.05) is 41.4 Å². The van der Waals surface area contributed by atoms with E-state index in [0.29, 0.717) is 11.1 Å². The highest BCUT2D eigenvalue weighted by Crippen LogP contribution is 2.22. The lowest BCUT2D eigenvalue weighted by Gasteiger charge is -2.15. The number of nitrogens with one attached hydrogen (secondary N) is 1. The van der Waals surface area contributed by atoms with Gasteiger partial charge >= 0.3 is 5.69 Å². The number of benzene rings is 1. The quantitative estimate of drug-likeness (QED) is 0.882. The molecule has 1 unspecified atom stereocenters. The van der Waals surface area contributed by atoms with Gasteiger partial charge in [-0.25, -0.2) is 4.79 Å². The Kier molecular flexibility index (Phi) is 4.65. The van der Waals surface area contributed by atoms with Gasteiger partial charge in [-0.2, -0.15) is 0 Å². The number of rotatable bonds is 4. The molecular weight excluding hydrogens is 292 g/mol. The molecule has 0 aliphatic rings. The van der Waals surface area contributed by atoms with Crippen molar-refractivity contribution in [3.8, 4) is 11.1 Å². The Labute approximate surface area is 127 Å². The molecule has 1 aromatic carbocycles. The predicted octanol–water partition coefficient (Wildman–Crippen LogP) is 2.37. The first-order valence-electron chi connectivity index (χ1n) is 6.56. The van der Waals surface area contributed by atoms with E-state index < -0.39 is 11.2 Å². The highest BCUT2D eigenvalue weighted by atomic mass is 35.5. The molecule has 2 aromatic rings. The van der Waals surface area contributed by atoms with Crippen molar-refractivity contribution < 1.29 is 4.74 Å². The summed E-state index contributed by atoms with van der Waals surface area (Å²) in [5.41, 5.74) is 1.03. The standard InChI is InChI=1S/C15H17ClN2O3/c1-9-5-4-6-11(7-9)12-13(16)17-15(20)18(14(12)19)10(2)8-21-3/h4-7,10H,8H2,1-3H3,(H,17,20). The van der Waals surface area contributed by atoms with Gasteiger partial charge < -0.3 is 4.74 Å². The number of aryl methyl sites for hydroxylation is 1. The Morgan fingerprint density at radius 3 is 2.71 bits per heavy atom. The topological polar surface area (TPSA) is 64.1 Å². The normalized spacial score (nSPS) is 12.4. The fraction of sp³-hybridized carbons (Fsp3) is 0.333. The van der Waals surface area contributed by atoms with E-state index in [2.05, 4.69) is 4.98 Å². The van der Waals surface area contributed by atoms with Crippen LogP contribution in [0.5, 0.6) is 0 Å². The Morgan fingerprint density at radius 1 is 1.38 bits per heavy atom. The Bertz CT molecular complexity index is 764. The number of hydrogen-bond acceptors (Lipinski definition) is 3. The van der Waals surface area contributed by atoms with Gasteiger partial charge in [0.25, 0.3) is 5.56 Å². The SMILES string of the molecule is COCC(C)n1c(=O)[nH]c(Cl)c(-c2cccc(C)c2)c1=O. The van der Waals surface area contributed by atoms with Gasteiger partial charge in [0.2, 0.25) is 0 Å². The van der Waals surface area contributed by atoms with Crippen molar-refractivity contribution in [3.05, 3.63) is 55.8 Å². The molecule has 0 aliphatic heterocycles. The molecule has 21 heavy (non-hydrogen) atoms. The van der Waals surface area contributed by atoms with Crippen LogP contribution in [0, 0.1) is 6.92 Å². The van der Waals surface area contributed by atoms with Crippen molar-refractivity contribution in [2.24, 2.45) is 0 Å². The molecule has 1 aromatic heterocycles. The van der Waals surface area contributed by atoms with Gasteiger partial charge in [-0.3, -0.25) is 14.3 Å². The second-order valence-electron chi connectivity index (χ2n) is 4.97. The summed E-state index contributed by atoms with van der Waals surface area (Å²) in [6.07, 6.45) is 0. The van der Waals surface area contributed by atoms with Crippen LogP contribution >= 0.6 is 11.6 Å². The number of methoxy groups -OCH3 is 1. The van der Waals surface area contributed by atoms with E-state index in [0.717, 1.165) is 10.1 Å². The number of nitrogens with zero attached hydrogens (tertiary/aromatic N) is 1. The molecule has 0 bridgehead atoms. The zero-order chi connectivity index (χ0) is 15.6. The molecule has 0 radical (unpaired) electrons. The molecule has 6 heteroatoms. The largest absolute Gasteiger partial charge is 0.383 e. The lowest BCUT2D eigenvalue weighted by atomic mass is 10.1. The Morgan fingerprint density at radius 2 is 2.10 bits per heavy atom. The van der Waals surface area contributed by atoms with E-state index in [1.54, 1.807) is 13.0 Å². The van der Waals surface area contributed by atoms with Gasteiger partial charge in [-0.05, 0) is 19.4 Å². The van der Waals surface area contributed by atoms with E-state index in [1.165, 1.54) is 7.11 Å². The second kappa shape index (κ2) is 6.28. The third-order valence-corrected chi connectivity index (χ3v) is 3.53. The molecule has 2 rings (SSSR count). The van der Waals surface area contributed by atoms with Crippen LogP contribution < -0.4 is 11.2 Å². The van der Waals surface area contributed by atoms with Crippen LogP contribution in [0.15, 0.2) is 33.9 Å². The Hall–Kier alpha value is -1.85. The first-order valence-corrected chi connectivity index (χ1v) is 6.93. The minimum Gasteiger partial charge on any atom is -0.383 e. The van der Waals surface area contributed by atoms with Crippen LogP contribution in [0.2, 0.25) is 5.15 Å². The summed E-state index contributed by atoms with van der Waals surface area (Å²) < 4.78 is 6.15. The molecule has 0 spiro atoms. The van der Waals surface area contributed by atoms with Crippen molar-refractivity contribution in [1.82, 2.24) is 9.55 Å². The van der Waals surface area contributed by atoms with E-state index in [4.69, 9.17) is 16.3 Å². The highest BCUT2D eigenvalue weighted by molar-refractivity contribution is 6.32. The van der Waals surface area contributed by atoms with Crippen LogP contribution in [0.25, 0.3) is 11.1 Å². The third-order valence-electron chi connectivity index (χ3n) is 3.24. The Balaban J connectivity index is 2.71. The molecule has 1 N–H and O–H groups in total. The number of hydrogen-bond donors (Lipinski definition) is 1. The van der Waals surface area contributed by atoms with Gasteiger partial charge in [-0.15, -0.1) is 0 Å². The van der Waals surface area contributed by atoms with Crippen molar-refractivity contribution in [1.29, 1.82) is 0 Å². The van der Waals surface area contributed by atoms with Crippen molar-refractivity contribution in [3.63, 3.8) is 0 Å². The van der Waals surface area contributed by atoms with Crippen LogP contribution in [-0.4, -0.2) is 23.3 Å². The van der Waals surface area contributed by atoms with Crippen molar-refractivity contribution in [2.75, 3.05) is 13.7 Å². The van der Waals surface area contributed by atoms with Gasteiger partial charge in [0.05, 0.1) is 18.2 Å². The first-order chi connectivity index (χ1) is 9.95. The van der Waals surface area contributed by atoms with E-state index in [9.17, 15) is 9.59 Å². The van der Waals surface area contributed by atoms with Gasteiger partial charge in [0.15, 0.2) is 0 Å². The first kappa shape index (κ1) is 15.5. The molecule has 5 nitrogen and oxygen atoms in total. The number of H-pyrrole nitrogens is 1. The van der Waals surface area contributed by atoms with Crippen molar-refractivity contribution >= 4 is 11.6 Å². The molecule has 1 heterocycles. The highest BCUT2D eigenvalue weighted by Gasteiger charge is 2.18. The van der Waals surface area contributed by atoms with Crippen LogP contribution in [0.3, 0.4) is 0 Å². The second-order valence-corrected chi connectivity index (χ2v) is 5.35. The summed E-state index contributed by atoms with van der Waals surface area (Å²) >= 11 is 6.08. The third kappa shape index (κ3) is 3.09. The maximum Gasteiger partial charge on any atom is 0.329 e. The van der Waals surface area contributed by atoms with E-state index in [-0.39, 0.29) is 17.8 Å². The summed E-state index contributed by atoms with van der Waals surface area (Å²) in [5.74, 6) is 0. The molecule has 0 amide bonds. The minimum absolute atomic E-state index is 0.0523. The zero-order valence-corrected chi connectivity index (χ0v) is 12.9. The van der Waals surface area contributed by atoms with Crippen LogP contribution in [0.4, 0.5) is 0 Å². The van der Waals surface area contributed by atoms with E-state index in [1.807, 2.05) is 25.1 Å². The maximum atomic E-state index is 12.6. The monoisotopic (exact) mass is 308 g/mol. The summed E-state index contributed by atoms with van der Waals surface area (Å²) in [5, 5.41) is 0.0523. The summed E-state index contributed by atoms with van der Waals surface area (Å²) in [7, 11) is 1.52. The molecule has 1 atom stereocenters.